The lowest BCUT2D eigenvalue weighted by Gasteiger charge is -2.20. The van der Waals surface area contributed by atoms with Crippen molar-refractivity contribution >= 4 is 5.97 Å². The number of hydrogen-bond donors (Lipinski definition) is 1. The maximum atomic E-state index is 13.5. The maximum Gasteiger partial charge on any atom is 0.386 e. The topological polar surface area (TPSA) is 46.5 Å². The standard InChI is InChI=1S/C17H16F2O3/c1-4-8-17(3,5-2)22-16(21)7-6-12-9-14(18)13(11-20)15(19)10-12/h9-10,20H,5,11H2,1-3H3. The molecule has 0 aliphatic heterocycles. The van der Waals surface area contributed by atoms with Crippen LogP contribution in [-0.2, 0) is 16.1 Å². The van der Waals surface area contributed by atoms with Crippen LogP contribution >= 0.6 is 0 Å². The lowest BCUT2D eigenvalue weighted by molar-refractivity contribution is -0.145. The Labute approximate surface area is 128 Å². The van der Waals surface area contributed by atoms with Gasteiger partial charge >= 0.3 is 5.97 Å². The highest BCUT2D eigenvalue weighted by molar-refractivity contribution is 5.89. The van der Waals surface area contributed by atoms with Gasteiger partial charge in [-0.25, -0.2) is 13.6 Å². The van der Waals surface area contributed by atoms with E-state index in [0.717, 1.165) is 12.1 Å². The van der Waals surface area contributed by atoms with Crippen LogP contribution in [0.4, 0.5) is 8.78 Å². The lowest BCUT2D eigenvalue weighted by atomic mass is 10.0. The zero-order valence-electron chi connectivity index (χ0n) is 12.6. The predicted octanol–water partition coefficient (Wildman–Crippen LogP) is 2.54. The van der Waals surface area contributed by atoms with Crippen LogP contribution in [0.3, 0.4) is 0 Å². The van der Waals surface area contributed by atoms with E-state index in [1.807, 2.05) is 6.92 Å². The third-order valence-electron chi connectivity index (χ3n) is 2.99. The molecule has 5 heteroatoms. The number of carbonyl (C=O) groups is 1. The molecule has 1 N–H and O–H groups in total. The molecule has 1 unspecified atom stereocenters. The summed E-state index contributed by atoms with van der Waals surface area (Å²) in [5.41, 5.74) is -1.41. The Bertz CT molecular complexity index is 666. The quantitative estimate of drug-likeness (QED) is 0.689. The molecule has 0 radical (unpaired) electrons. The van der Waals surface area contributed by atoms with E-state index >= 15 is 0 Å². The number of carbonyl (C=O) groups excluding carboxylic acids is 1. The summed E-state index contributed by atoms with van der Waals surface area (Å²) >= 11 is 0. The number of rotatable bonds is 3. The maximum absolute atomic E-state index is 13.5. The molecule has 0 saturated carbocycles. The van der Waals surface area contributed by atoms with Crippen molar-refractivity contribution in [3.05, 3.63) is 34.9 Å². The van der Waals surface area contributed by atoms with Gasteiger partial charge in [0.15, 0.2) is 5.60 Å². The fraction of sp³-hybridized carbons (Fsp3) is 0.353. The van der Waals surface area contributed by atoms with E-state index in [9.17, 15) is 13.6 Å². The number of aliphatic hydroxyl groups excluding tert-OH is 1. The highest BCUT2D eigenvalue weighted by Gasteiger charge is 2.23. The second-order valence-corrected chi connectivity index (χ2v) is 4.68. The molecule has 1 atom stereocenters. The normalized spacial score (nSPS) is 12.3. The van der Waals surface area contributed by atoms with Gasteiger partial charge in [-0.15, -0.1) is 5.92 Å². The van der Waals surface area contributed by atoms with Crippen molar-refractivity contribution < 1.29 is 23.4 Å². The van der Waals surface area contributed by atoms with E-state index in [2.05, 4.69) is 23.7 Å². The smallest absolute Gasteiger partial charge is 0.386 e. The van der Waals surface area contributed by atoms with E-state index in [-0.39, 0.29) is 5.56 Å². The van der Waals surface area contributed by atoms with Crippen LogP contribution in [0.15, 0.2) is 12.1 Å². The van der Waals surface area contributed by atoms with Crippen molar-refractivity contribution in [2.24, 2.45) is 0 Å². The summed E-state index contributed by atoms with van der Waals surface area (Å²) in [5.74, 6) is 7.25. The SMILES string of the molecule is CC#CC(C)(CC)OC(=O)C#Cc1cc(F)c(CO)c(F)c1. The summed E-state index contributed by atoms with van der Waals surface area (Å²) in [5, 5.41) is 8.81. The Morgan fingerprint density at radius 2 is 1.95 bits per heavy atom. The summed E-state index contributed by atoms with van der Waals surface area (Å²) in [6.45, 7) is 4.33. The Kier molecular flexibility index (Phi) is 6.10. The van der Waals surface area contributed by atoms with Crippen LogP contribution in [0, 0.1) is 35.3 Å². The molecule has 116 valence electrons. The molecule has 0 heterocycles. The highest BCUT2D eigenvalue weighted by atomic mass is 19.1. The number of esters is 1. The molecular formula is C17H16F2O3. The van der Waals surface area contributed by atoms with E-state index in [1.54, 1.807) is 13.8 Å². The Balaban J connectivity index is 2.95. The van der Waals surface area contributed by atoms with Gasteiger partial charge in [0.05, 0.1) is 6.61 Å². The van der Waals surface area contributed by atoms with Gasteiger partial charge in [0.1, 0.15) is 11.6 Å². The minimum Gasteiger partial charge on any atom is -0.437 e. The monoisotopic (exact) mass is 306 g/mol. The summed E-state index contributed by atoms with van der Waals surface area (Å²) < 4.78 is 32.1. The van der Waals surface area contributed by atoms with Gasteiger partial charge in [-0.3, -0.25) is 0 Å². The molecule has 1 rings (SSSR count). The highest BCUT2D eigenvalue weighted by Crippen LogP contribution is 2.16. The van der Waals surface area contributed by atoms with Crippen LogP contribution in [-0.4, -0.2) is 16.7 Å². The molecule has 1 aromatic carbocycles. The molecule has 1 aromatic rings. The first-order valence-electron chi connectivity index (χ1n) is 6.63. The van der Waals surface area contributed by atoms with Crippen LogP contribution in [0.5, 0.6) is 0 Å². The van der Waals surface area contributed by atoms with Crippen molar-refractivity contribution in [3.8, 4) is 23.7 Å². The number of hydrogen-bond acceptors (Lipinski definition) is 3. The molecular weight excluding hydrogens is 290 g/mol. The number of halogens is 2. The third-order valence-corrected chi connectivity index (χ3v) is 2.99. The summed E-state index contributed by atoms with van der Waals surface area (Å²) in [7, 11) is 0. The summed E-state index contributed by atoms with van der Waals surface area (Å²) in [6, 6.07) is 1.89. The first-order chi connectivity index (χ1) is 10.3. The largest absolute Gasteiger partial charge is 0.437 e. The fourth-order valence-corrected chi connectivity index (χ4v) is 1.63. The van der Waals surface area contributed by atoms with Crippen LogP contribution in [0.2, 0.25) is 0 Å². The summed E-state index contributed by atoms with van der Waals surface area (Å²) in [6.07, 6.45) is 0.482. The predicted molar refractivity (Wildman–Crippen MR) is 77.4 cm³/mol. The lowest BCUT2D eigenvalue weighted by Crippen LogP contribution is -2.28. The fourth-order valence-electron chi connectivity index (χ4n) is 1.63. The number of ether oxygens (including phenoxy) is 1. The zero-order valence-corrected chi connectivity index (χ0v) is 12.6. The molecule has 22 heavy (non-hydrogen) atoms. The van der Waals surface area contributed by atoms with Gasteiger partial charge in [-0.1, -0.05) is 18.8 Å². The van der Waals surface area contributed by atoms with Gasteiger partial charge < -0.3 is 9.84 Å². The van der Waals surface area contributed by atoms with Crippen LogP contribution in [0.1, 0.15) is 38.3 Å². The molecule has 0 spiro atoms. The van der Waals surface area contributed by atoms with Gasteiger partial charge in [-0.2, -0.15) is 0 Å². The molecule has 0 saturated heterocycles. The van der Waals surface area contributed by atoms with Crippen molar-refractivity contribution in [2.45, 2.75) is 39.4 Å². The number of benzene rings is 1. The molecule has 0 amide bonds. The molecule has 0 aliphatic carbocycles. The third kappa shape index (κ3) is 4.58. The molecule has 0 bridgehead atoms. The van der Waals surface area contributed by atoms with Crippen molar-refractivity contribution in [2.75, 3.05) is 0 Å². The van der Waals surface area contributed by atoms with E-state index in [1.165, 1.54) is 0 Å². The average molecular weight is 306 g/mol. The van der Waals surface area contributed by atoms with Gasteiger partial charge in [0, 0.05) is 17.0 Å². The minimum absolute atomic E-state index is 0.0241. The Hall–Kier alpha value is -2.37. The molecule has 3 nitrogen and oxygen atoms in total. The second-order valence-electron chi connectivity index (χ2n) is 4.68. The Morgan fingerprint density at radius 3 is 2.41 bits per heavy atom. The second kappa shape index (κ2) is 7.59. The van der Waals surface area contributed by atoms with E-state index in [4.69, 9.17) is 9.84 Å². The van der Waals surface area contributed by atoms with Crippen molar-refractivity contribution in [3.63, 3.8) is 0 Å². The first-order valence-corrected chi connectivity index (χ1v) is 6.63. The zero-order chi connectivity index (χ0) is 16.8. The van der Waals surface area contributed by atoms with E-state index < -0.39 is 35.4 Å². The average Bonchev–Trinajstić information content (AvgIpc) is 2.45. The molecule has 0 aliphatic rings. The van der Waals surface area contributed by atoms with Crippen LogP contribution in [0.25, 0.3) is 0 Å². The summed E-state index contributed by atoms with van der Waals surface area (Å²) in [4.78, 5) is 11.7. The van der Waals surface area contributed by atoms with Crippen molar-refractivity contribution in [1.82, 2.24) is 0 Å². The molecule has 0 aromatic heterocycles. The van der Waals surface area contributed by atoms with Crippen molar-refractivity contribution in [1.29, 1.82) is 0 Å². The molecule has 0 fully saturated rings. The number of aliphatic hydroxyl groups is 1. The minimum atomic E-state index is -0.947. The van der Waals surface area contributed by atoms with Gasteiger partial charge in [0.25, 0.3) is 0 Å². The Morgan fingerprint density at radius 1 is 1.36 bits per heavy atom. The first kappa shape index (κ1) is 17.7. The van der Waals surface area contributed by atoms with Crippen LogP contribution < -0.4 is 0 Å². The van der Waals surface area contributed by atoms with Gasteiger partial charge in [0.2, 0.25) is 0 Å². The van der Waals surface area contributed by atoms with Gasteiger partial charge in [-0.05, 0) is 32.4 Å². The van der Waals surface area contributed by atoms with E-state index in [0.29, 0.717) is 6.42 Å².